The molecule has 0 aromatic carbocycles. The largest absolute Gasteiger partial charge is 0.273 e. The van der Waals surface area contributed by atoms with Gasteiger partial charge in [0.25, 0.3) is 0 Å². The fraction of sp³-hybridized carbons (Fsp3) is 0.600. The molecule has 0 saturated carbocycles. The Morgan fingerprint density at radius 1 is 1.21 bits per heavy atom. The number of nitrogens with zero attached hydrogens (tertiary/aromatic N) is 3. The number of hydrogen-bond acceptors (Lipinski definition) is 3. The summed E-state index contributed by atoms with van der Waals surface area (Å²) in [7, 11) is 0. The lowest BCUT2D eigenvalue weighted by atomic mass is 10.3. The lowest BCUT2D eigenvalue weighted by Gasteiger charge is -2.25. The molecule has 4 heteroatoms. The van der Waals surface area contributed by atoms with E-state index < -0.39 is 0 Å². The van der Waals surface area contributed by atoms with Gasteiger partial charge >= 0.3 is 0 Å². The minimum absolute atomic E-state index is 0.388. The van der Waals surface area contributed by atoms with Crippen LogP contribution in [0.2, 0.25) is 0 Å². The van der Waals surface area contributed by atoms with Gasteiger partial charge in [0, 0.05) is 12.1 Å². The lowest BCUT2D eigenvalue weighted by Crippen LogP contribution is -2.31. The van der Waals surface area contributed by atoms with Crippen LogP contribution in [0.15, 0.2) is 27.9 Å². The first kappa shape index (κ1) is 11.2. The Bertz CT molecular complexity index is 270. The lowest BCUT2D eigenvalue weighted by molar-refractivity contribution is 0.170. The van der Waals surface area contributed by atoms with Crippen molar-refractivity contribution in [1.29, 1.82) is 0 Å². The van der Waals surface area contributed by atoms with Crippen molar-refractivity contribution in [3.63, 3.8) is 0 Å². The molecule has 0 spiro atoms. The molecule has 78 valence electrons. The molecule has 0 unspecified atom stereocenters. The summed E-state index contributed by atoms with van der Waals surface area (Å²) in [6.45, 7) is 8.47. The summed E-state index contributed by atoms with van der Waals surface area (Å²) in [5.41, 5.74) is 0. The highest BCUT2D eigenvalue weighted by Crippen LogP contribution is 2.20. The third-order valence-corrected chi connectivity index (χ3v) is 2.56. The summed E-state index contributed by atoms with van der Waals surface area (Å²) < 4.78 is 0. The van der Waals surface area contributed by atoms with E-state index in [0.29, 0.717) is 12.1 Å². The molecule has 0 N–H and O–H groups in total. The standard InChI is InChI=1S/C10H17N3S/c1-8(2)13(9(3)4)12-11-10-6-5-7-14-10/h5-9H,1-4H3. The molecule has 0 radical (unpaired) electrons. The zero-order chi connectivity index (χ0) is 10.6. The summed E-state index contributed by atoms with van der Waals surface area (Å²) >= 11 is 1.60. The molecule has 14 heavy (non-hydrogen) atoms. The van der Waals surface area contributed by atoms with E-state index in [2.05, 4.69) is 38.0 Å². The number of rotatable bonds is 4. The van der Waals surface area contributed by atoms with Crippen LogP contribution >= 0.6 is 11.3 Å². The molecule has 0 amide bonds. The van der Waals surface area contributed by atoms with E-state index in [0.717, 1.165) is 5.00 Å². The molecule has 1 rings (SSSR count). The molecule has 0 saturated heterocycles. The highest BCUT2D eigenvalue weighted by molar-refractivity contribution is 7.13. The summed E-state index contributed by atoms with van der Waals surface area (Å²) in [6, 6.07) is 4.72. The van der Waals surface area contributed by atoms with Gasteiger partial charge < -0.3 is 0 Å². The van der Waals surface area contributed by atoms with Crippen LogP contribution in [0.1, 0.15) is 27.7 Å². The van der Waals surface area contributed by atoms with Crippen molar-refractivity contribution in [2.45, 2.75) is 39.8 Å². The number of thiophene rings is 1. The second-order valence-corrected chi connectivity index (χ2v) is 4.63. The molecule has 0 fully saturated rings. The third kappa shape index (κ3) is 3.10. The van der Waals surface area contributed by atoms with Crippen molar-refractivity contribution < 1.29 is 0 Å². The van der Waals surface area contributed by atoms with E-state index in [1.165, 1.54) is 0 Å². The summed E-state index contributed by atoms with van der Waals surface area (Å²) in [4.78, 5) is 0. The zero-order valence-electron chi connectivity index (χ0n) is 9.14. The average Bonchev–Trinajstić information content (AvgIpc) is 2.55. The quantitative estimate of drug-likeness (QED) is 0.549. The molecular weight excluding hydrogens is 194 g/mol. The Balaban J connectivity index is 2.64. The highest BCUT2D eigenvalue weighted by Gasteiger charge is 2.10. The second-order valence-electron chi connectivity index (χ2n) is 3.71. The smallest absolute Gasteiger partial charge is 0.140 e. The topological polar surface area (TPSA) is 28.0 Å². The minimum Gasteiger partial charge on any atom is -0.273 e. The maximum absolute atomic E-state index is 4.23. The summed E-state index contributed by atoms with van der Waals surface area (Å²) in [5.74, 6) is 0. The van der Waals surface area contributed by atoms with Crippen LogP contribution in [0.4, 0.5) is 5.00 Å². The van der Waals surface area contributed by atoms with E-state index in [1.54, 1.807) is 11.3 Å². The van der Waals surface area contributed by atoms with Gasteiger partial charge in [-0.2, -0.15) is 0 Å². The van der Waals surface area contributed by atoms with Gasteiger partial charge in [0.2, 0.25) is 0 Å². The average molecular weight is 211 g/mol. The van der Waals surface area contributed by atoms with Crippen molar-refractivity contribution in [1.82, 2.24) is 5.01 Å². The molecule has 1 aromatic heterocycles. The van der Waals surface area contributed by atoms with E-state index in [9.17, 15) is 0 Å². The monoisotopic (exact) mass is 211 g/mol. The number of hydrogen-bond donors (Lipinski definition) is 0. The Labute approximate surface area is 89.4 Å². The highest BCUT2D eigenvalue weighted by atomic mass is 32.1. The van der Waals surface area contributed by atoms with Crippen LogP contribution in [0.5, 0.6) is 0 Å². The van der Waals surface area contributed by atoms with Crippen LogP contribution in [0.25, 0.3) is 0 Å². The Hall–Kier alpha value is -0.900. The van der Waals surface area contributed by atoms with Crippen molar-refractivity contribution in [2.75, 3.05) is 0 Å². The van der Waals surface area contributed by atoms with Crippen molar-refractivity contribution in [3.8, 4) is 0 Å². The summed E-state index contributed by atoms with van der Waals surface area (Å²) in [6.07, 6.45) is 0. The van der Waals surface area contributed by atoms with Gasteiger partial charge in [-0.3, -0.25) is 5.01 Å². The van der Waals surface area contributed by atoms with Crippen LogP contribution in [0, 0.1) is 0 Å². The first-order chi connectivity index (χ1) is 6.61. The van der Waals surface area contributed by atoms with E-state index >= 15 is 0 Å². The van der Waals surface area contributed by atoms with Gasteiger partial charge in [-0.1, -0.05) is 5.22 Å². The van der Waals surface area contributed by atoms with Crippen molar-refractivity contribution in [3.05, 3.63) is 17.5 Å². The molecule has 1 aromatic rings. The minimum atomic E-state index is 0.388. The van der Waals surface area contributed by atoms with E-state index in [4.69, 9.17) is 0 Å². The SMILES string of the molecule is CC(C)N(N=Nc1cccs1)C(C)C. The summed E-state index contributed by atoms with van der Waals surface area (Å²) in [5, 5.41) is 13.4. The Kier molecular flexibility index (Phi) is 4.07. The predicted octanol–water partition coefficient (Wildman–Crippen LogP) is 3.87. The maximum atomic E-state index is 4.23. The van der Waals surface area contributed by atoms with Gasteiger partial charge in [0.1, 0.15) is 5.00 Å². The first-order valence-electron chi connectivity index (χ1n) is 4.84. The molecular formula is C10H17N3S. The van der Waals surface area contributed by atoms with Gasteiger partial charge in [-0.15, -0.1) is 16.5 Å². The molecule has 0 atom stereocenters. The van der Waals surface area contributed by atoms with Crippen molar-refractivity contribution >= 4 is 16.3 Å². The Morgan fingerprint density at radius 3 is 2.29 bits per heavy atom. The zero-order valence-corrected chi connectivity index (χ0v) is 9.95. The van der Waals surface area contributed by atoms with E-state index in [1.807, 2.05) is 22.5 Å². The van der Waals surface area contributed by atoms with E-state index in [-0.39, 0.29) is 0 Å². The normalized spacial score (nSPS) is 11.9. The van der Waals surface area contributed by atoms with Crippen LogP contribution in [0.3, 0.4) is 0 Å². The van der Waals surface area contributed by atoms with Gasteiger partial charge in [-0.25, -0.2) is 0 Å². The Morgan fingerprint density at radius 2 is 1.86 bits per heavy atom. The molecule has 0 bridgehead atoms. The fourth-order valence-electron chi connectivity index (χ4n) is 1.23. The molecule has 0 aliphatic rings. The molecule has 0 aliphatic heterocycles. The fourth-order valence-corrected chi connectivity index (χ4v) is 1.76. The van der Waals surface area contributed by atoms with Gasteiger partial charge in [0.05, 0.1) is 0 Å². The van der Waals surface area contributed by atoms with Gasteiger partial charge in [0.15, 0.2) is 0 Å². The van der Waals surface area contributed by atoms with Crippen molar-refractivity contribution in [2.24, 2.45) is 10.3 Å². The first-order valence-corrected chi connectivity index (χ1v) is 5.72. The van der Waals surface area contributed by atoms with Crippen LogP contribution < -0.4 is 0 Å². The third-order valence-electron chi connectivity index (χ3n) is 1.81. The molecule has 3 nitrogen and oxygen atoms in total. The van der Waals surface area contributed by atoms with Gasteiger partial charge in [-0.05, 0) is 45.2 Å². The molecule has 0 aliphatic carbocycles. The second kappa shape index (κ2) is 5.10. The van der Waals surface area contributed by atoms with Crippen LogP contribution in [-0.2, 0) is 0 Å². The predicted molar refractivity (Wildman–Crippen MR) is 60.9 cm³/mol. The molecule has 1 heterocycles. The van der Waals surface area contributed by atoms with Crippen LogP contribution in [-0.4, -0.2) is 17.1 Å². The maximum Gasteiger partial charge on any atom is 0.140 e.